The number of rotatable bonds is 5. The molecule has 0 spiro atoms. The SMILES string of the molecule is CS(=O)(=O)N1CCC(NC(=O)n2ccc3c(Nc4ccc(-c5cccs5)cc4)ncnc32)CC1. The molecule has 1 aliphatic rings. The molecule has 176 valence electrons. The molecular formula is C23H24N6O3S2. The zero-order chi connectivity index (χ0) is 23.7. The van der Waals surface area contributed by atoms with Gasteiger partial charge in [-0.3, -0.25) is 4.57 Å². The van der Waals surface area contributed by atoms with Crippen molar-refractivity contribution in [3.8, 4) is 10.4 Å². The number of hydrogen-bond donors (Lipinski definition) is 2. The van der Waals surface area contributed by atoms with Crippen molar-refractivity contribution < 1.29 is 13.2 Å². The van der Waals surface area contributed by atoms with E-state index in [-0.39, 0.29) is 12.1 Å². The highest BCUT2D eigenvalue weighted by Crippen LogP contribution is 2.28. The van der Waals surface area contributed by atoms with Gasteiger partial charge in [-0.2, -0.15) is 0 Å². The summed E-state index contributed by atoms with van der Waals surface area (Å²) in [5.41, 5.74) is 2.53. The summed E-state index contributed by atoms with van der Waals surface area (Å²) in [5.74, 6) is 0.613. The summed E-state index contributed by atoms with van der Waals surface area (Å²) in [6.45, 7) is 0.801. The first-order valence-electron chi connectivity index (χ1n) is 10.9. The highest BCUT2D eigenvalue weighted by atomic mass is 32.2. The van der Waals surface area contributed by atoms with Crippen LogP contribution in [0, 0.1) is 0 Å². The molecule has 0 saturated carbocycles. The number of fused-ring (bicyclic) bond motifs is 1. The number of nitrogens with one attached hydrogen (secondary N) is 2. The van der Waals surface area contributed by atoms with Crippen LogP contribution >= 0.6 is 11.3 Å². The van der Waals surface area contributed by atoms with E-state index in [1.807, 2.05) is 24.3 Å². The molecule has 0 bridgehead atoms. The van der Waals surface area contributed by atoms with Crippen LogP contribution in [-0.4, -0.2) is 58.7 Å². The maximum absolute atomic E-state index is 12.9. The van der Waals surface area contributed by atoms with Crippen LogP contribution in [0.15, 0.2) is 60.4 Å². The number of nitrogens with zero attached hydrogens (tertiary/aromatic N) is 4. The number of anilines is 2. The Balaban J connectivity index is 1.29. The van der Waals surface area contributed by atoms with Crippen molar-refractivity contribution in [3.05, 3.63) is 60.4 Å². The van der Waals surface area contributed by atoms with Crippen LogP contribution < -0.4 is 10.6 Å². The third-order valence-corrected chi connectivity index (χ3v) is 8.13. The standard InChI is InChI=1S/C23H24N6O3S2/c1-34(31,32)28-11-8-18(9-12-28)27-23(30)29-13-10-19-21(24-15-25-22(19)29)26-17-6-4-16(5-7-17)20-3-2-14-33-20/h2-7,10,13-15,18H,8-9,11-12H2,1H3,(H,27,30)(H,24,25,26). The molecule has 4 heterocycles. The second-order valence-corrected chi connectivity index (χ2v) is 11.1. The van der Waals surface area contributed by atoms with E-state index in [1.54, 1.807) is 17.5 Å². The van der Waals surface area contributed by atoms with Gasteiger partial charge >= 0.3 is 6.03 Å². The number of piperidine rings is 1. The molecule has 34 heavy (non-hydrogen) atoms. The monoisotopic (exact) mass is 496 g/mol. The summed E-state index contributed by atoms with van der Waals surface area (Å²) in [6, 6.07) is 13.6. The molecule has 9 nitrogen and oxygen atoms in total. The fourth-order valence-corrected chi connectivity index (χ4v) is 5.70. The Hall–Kier alpha value is -3.28. The van der Waals surface area contributed by atoms with E-state index in [0.29, 0.717) is 37.4 Å². The molecule has 11 heteroatoms. The molecule has 0 aliphatic carbocycles. The van der Waals surface area contributed by atoms with Gasteiger partial charge < -0.3 is 10.6 Å². The smallest absolute Gasteiger partial charge is 0.327 e. The molecule has 5 rings (SSSR count). The molecule has 1 aromatic carbocycles. The summed E-state index contributed by atoms with van der Waals surface area (Å²) in [6.07, 6.45) is 5.45. The quantitative estimate of drug-likeness (QED) is 0.434. The van der Waals surface area contributed by atoms with Gasteiger partial charge in [0.05, 0.1) is 11.6 Å². The molecule has 0 unspecified atom stereocenters. The molecule has 1 fully saturated rings. The number of thiophene rings is 1. The number of hydrogen-bond acceptors (Lipinski definition) is 7. The summed E-state index contributed by atoms with van der Waals surface area (Å²) in [7, 11) is -3.20. The van der Waals surface area contributed by atoms with E-state index < -0.39 is 10.0 Å². The Labute approximate surface area is 201 Å². The highest BCUT2D eigenvalue weighted by Gasteiger charge is 2.26. The average molecular weight is 497 g/mol. The molecule has 1 amide bonds. The Morgan fingerprint density at radius 3 is 2.53 bits per heavy atom. The summed E-state index contributed by atoms with van der Waals surface area (Å²) in [4.78, 5) is 22.8. The number of benzene rings is 1. The molecule has 3 aromatic heterocycles. The van der Waals surface area contributed by atoms with Crippen LogP contribution in [0.5, 0.6) is 0 Å². The van der Waals surface area contributed by atoms with Crippen LogP contribution in [-0.2, 0) is 10.0 Å². The lowest BCUT2D eigenvalue weighted by Crippen LogP contribution is -2.47. The van der Waals surface area contributed by atoms with Crippen LogP contribution in [0.2, 0.25) is 0 Å². The second-order valence-electron chi connectivity index (χ2n) is 8.21. The van der Waals surface area contributed by atoms with Crippen LogP contribution in [0.1, 0.15) is 12.8 Å². The first-order chi connectivity index (χ1) is 16.4. The predicted octanol–water partition coefficient (Wildman–Crippen LogP) is 3.89. The molecular weight excluding hydrogens is 472 g/mol. The summed E-state index contributed by atoms with van der Waals surface area (Å²) in [5, 5.41) is 9.10. The molecule has 1 aliphatic heterocycles. The van der Waals surface area contributed by atoms with Crippen LogP contribution in [0.3, 0.4) is 0 Å². The minimum atomic E-state index is -3.20. The molecule has 0 atom stereocenters. The third kappa shape index (κ3) is 4.67. The molecule has 2 N–H and O–H groups in total. The highest BCUT2D eigenvalue weighted by molar-refractivity contribution is 7.88. The van der Waals surface area contributed by atoms with E-state index in [4.69, 9.17) is 0 Å². The van der Waals surface area contributed by atoms with Gasteiger partial charge in [0.15, 0.2) is 5.65 Å². The number of sulfonamides is 1. The van der Waals surface area contributed by atoms with E-state index in [0.717, 1.165) is 16.6 Å². The zero-order valence-corrected chi connectivity index (χ0v) is 20.1. The number of carbonyl (C=O) groups is 1. The lowest BCUT2D eigenvalue weighted by Gasteiger charge is -2.30. The van der Waals surface area contributed by atoms with Crippen LogP contribution in [0.25, 0.3) is 21.5 Å². The molecule has 4 aromatic rings. The van der Waals surface area contributed by atoms with Gasteiger partial charge in [0.25, 0.3) is 0 Å². The first-order valence-corrected chi connectivity index (χ1v) is 13.6. The van der Waals surface area contributed by atoms with Crippen LogP contribution in [0.4, 0.5) is 16.3 Å². The van der Waals surface area contributed by atoms with E-state index in [2.05, 4.69) is 44.2 Å². The van der Waals surface area contributed by atoms with Crippen molar-refractivity contribution in [2.24, 2.45) is 0 Å². The number of aromatic nitrogens is 3. The van der Waals surface area contributed by atoms with Crippen molar-refractivity contribution >= 4 is 49.9 Å². The number of amides is 1. The van der Waals surface area contributed by atoms with Crippen molar-refractivity contribution in [2.75, 3.05) is 24.7 Å². The van der Waals surface area contributed by atoms with E-state index in [9.17, 15) is 13.2 Å². The van der Waals surface area contributed by atoms with Crippen molar-refractivity contribution in [1.82, 2.24) is 24.2 Å². The summed E-state index contributed by atoms with van der Waals surface area (Å²) >= 11 is 1.70. The van der Waals surface area contributed by atoms with Crippen molar-refractivity contribution in [1.29, 1.82) is 0 Å². The Morgan fingerprint density at radius 1 is 1.09 bits per heavy atom. The zero-order valence-electron chi connectivity index (χ0n) is 18.5. The molecule has 1 saturated heterocycles. The van der Waals surface area contributed by atoms with Gasteiger partial charge in [0.1, 0.15) is 12.1 Å². The van der Waals surface area contributed by atoms with Gasteiger partial charge in [-0.1, -0.05) is 18.2 Å². The maximum atomic E-state index is 12.9. The van der Waals surface area contributed by atoms with E-state index >= 15 is 0 Å². The molecule has 0 radical (unpaired) electrons. The van der Waals surface area contributed by atoms with Gasteiger partial charge in [-0.05, 0) is 48.1 Å². The average Bonchev–Trinajstić information content (AvgIpc) is 3.50. The Morgan fingerprint density at radius 2 is 1.85 bits per heavy atom. The fraction of sp³-hybridized carbons (Fsp3) is 0.261. The Kier molecular flexibility index (Phi) is 6.07. The first kappa shape index (κ1) is 22.5. The normalized spacial score (nSPS) is 15.4. The van der Waals surface area contributed by atoms with Gasteiger partial charge in [0.2, 0.25) is 10.0 Å². The lowest BCUT2D eigenvalue weighted by molar-refractivity contribution is 0.230. The van der Waals surface area contributed by atoms with Gasteiger partial charge in [0, 0.05) is 35.9 Å². The number of carbonyl (C=O) groups excluding carboxylic acids is 1. The maximum Gasteiger partial charge on any atom is 0.327 e. The lowest BCUT2D eigenvalue weighted by atomic mass is 10.1. The topological polar surface area (TPSA) is 109 Å². The van der Waals surface area contributed by atoms with Crippen molar-refractivity contribution in [2.45, 2.75) is 18.9 Å². The van der Waals surface area contributed by atoms with Gasteiger partial charge in [-0.25, -0.2) is 27.5 Å². The minimum absolute atomic E-state index is 0.0933. The largest absolute Gasteiger partial charge is 0.340 e. The Bertz CT molecular complexity index is 1410. The minimum Gasteiger partial charge on any atom is -0.340 e. The second kappa shape index (κ2) is 9.16. The third-order valence-electron chi connectivity index (χ3n) is 5.90. The predicted molar refractivity (Wildman–Crippen MR) is 134 cm³/mol. The van der Waals surface area contributed by atoms with Crippen molar-refractivity contribution in [3.63, 3.8) is 0 Å². The van der Waals surface area contributed by atoms with Gasteiger partial charge in [-0.15, -0.1) is 11.3 Å². The summed E-state index contributed by atoms with van der Waals surface area (Å²) < 4.78 is 26.3. The van der Waals surface area contributed by atoms with E-state index in [1.165, 1.54) is 26.3 Å². The fourth-order valence-electron chi connectivity index (χ4n) is 4.09.